The summed E-state index contributed by atoms with van der Waals surface area (Å²) in [5, 5.41) is 9.78. The Bertz CT molecular complexity index is 433. The normalized spacial score (nSPS) is 19.3. The number of carbonyl (C=O) groups excluding carboxylic acids is 1. The second-order valence-corrected chi connectivity index (χ2v) is 5.09. The van der Waals surface area contributed by atoms with Gasteiger partial charge in [0.1, 0.15) is 0 Å². The summed E-state index contributed by atoms with van der Waals surface area (Å²) < 4.78 is 0. The molecule has 1 aromatic rings. The molecule has 0 spiro atoms. The van der Waals surface area contributed by atoms with Gasteiger partial charge in [0.15, 0.2) is 0 Å². The Morgan fingerprint density at radius 2 is 2.17 bits per heavy atom. The number of anilines is 1. The minimum atomic E-state index is -0.220. The summed E-state index contributed by atoms with van der Waals surface area (Å²) in [5.74, 6) is 0. The number of hydrogen-bond donors (Lipinski definition) is 3. The van der Waals surface area contributed by atoms with Crippen LogP contribution in [0.2, 0.25) is 10.0 Å². The summed E-state index contributed by atoms with van der Waals surface area (Å²) in [6.07, 6.45) is 2.08. The van der Waals surface area contributed by atoms with Crippen LogP contribution in [0, 0.1) is 0 Å². The molecule has 0 unspecified atom stereocenters. The van der Waals surface area contributed by atoms with Gasteiger partial charge in [-0.05, 0) is 37.6 Å². The highest BCUT2D eigenvalue weighted by Crippen LogP contribution is 2.24. The topological polar surface area (TPSA) is 53.2 Å². The molecule has 1 aliphatic heterocycles. The second-order valence-electron chi connectivity index (χ2n) is 4.27. The van der Waals surface area contributed by atoms with Crippen molar-refractivity contribution in [2.75, 3.05) is 18.4 Å². The largest absolute Gasteiger partial charge is 0.334 e. The fourth-order valence-electron chi connectivity index (χ4n) is 1.90. The van der Waals surface area contributed by atoms with E-state index in [0.717, 1.165) is 25.9 Å². The molecule has 1 saturated heterocycles. The molecule has 6 heteroatoms. The maximum absolute atomic E-state index is 11.8. The lowest BCUT2D eigenvalue weighted by Gasteiger charge is -2.23. The Morgan fingerprint density at radius 3 is 2.83 bits per heavy atom. The van der Waals surface area contributed by atoms with Crippen LogP contribution in [-0.2, 0) is 0 Å². The van der Waals surface area contributed by atoms with Crippen LogP contribution in [0.1, 0.15) is 12.8 Å². The molecule has 98 valence electrons. The Kier molecular flexibility index (Phi) is 4.69. The van der Waals surface area contributed by atoms with Crippen molar-refractivity contribution < 1.29 is 4.79 Å². The van der Waals surface area contributed by atoms with Gasteiger partial charge < -0.3 is 16.0 Å². The number of hydrogen-bond acceptors (Lipinski definition) is 2. The number of piperidine rings is 1. The smallest absolute Gasteiger partial charge is 0.319 e. The Hall–Kier alpha value is -0.970. The molecule has 1 aliphatic rings. The lowest BCUT2D eigenvalue weighted by molar-refractivity contribution is 0.245. The zero-order valence-electron chi connectivity index (χ0n) is 9.80. The summed E-state index contributed by atoms with van der Waals surface area (Å²) in [6, 6.07) is 4.96. The van der Waals surface area contributed by atoms with Crippen LogP contribution >= 0.6 is 23.2 Å². The first-order chi connectivity index (χ1) is 8.65. The van der Waals surface area contributed by atoms with E-state index in [2.05, 4.69) is 16.0 Å². The molecule has 1 heterocycles. The van der Waals surface area contributed by atoms with Crippen molar-refractivity contribution in [1.29, 1.82) is 0 Å². The van der Waals surface area contributed by atoms with E-state index in [1.807, 2.05) is 0 Å². The van der Waals surface area contributed by atoms with E-state index in [-0.39, 0.29) is 12.1 Å². The minimum absolute atomic E-state index is 0.182. The van der Waals surface area contributed by atoms with Gasteiger partial charge in [0.05, 0.1) is 10.0 Å². The van der Waals surface area contributed by atoms with Gasteiger partial charge in [0, 0.05) is 18.3 Å². The van der Waals surface area contributed by atoms with Crippen molar-refractivity contribution in [1.82, 2.24) is 10.6 Å². The minimum Gasteiger partial charge on any atom is -0.334 e. The molecule has 0 aromatic heterocycles. The van der Waals surface area contributed by atoms with Crippen LogP contribution in [0.3, 0.4) is 0 Å². The van der Waals surface area contributed by atoms with Crippen molar-refractivity contribution in [3.63, 3.8) is 0 Å². The SMILES string of the molecule is O=C(Nc1ccc(Cl)c(Cl)c1)N[C@@H]1CCCNC1. The predicted molar refractivity (Wildman–Crippen MR) is 74.5 cm³/mol. The van der Waals surface area contributed by atoms with Gasteiger partial charge in [-0.3, -0.25) is 0 Å². The maximum atomic E-state index is 11.8. The predicted octanol–water partition coefficient (Wildman–Crippen LogP) is 2.87. The third-order valence-corrected chi connectivity index (χ3v) is 3.55. The molecule has 1 atom stereocenters. The van der Waals surface area contributed by atoms with Gasteiger partial charge in [-0.25, -0.2) is 4.79 Å². The monoisotopic (exact) mass is 287 g/mol. The summed E-state index contributed by atoms with van der Waals surface area (Å²) in [7, 11) is 0. The van der Waals surface area contributed by atoms with E-state index in [1.54, 1.807) is 18.2 Å². The van der Waals surface area contributed by atoms with E-state index in [4.69, 9.17) is 23.2 Å². The van der Waals surface area contributed by atoms with Crippen LogP contribution in [0.5, 0.6) is 0 Å². The highest BCUT2D eigenvalue weighted by Gasteiger charge is 2.15. The highest BCUT2D eigenvalue weighted by atomic mass is 35.5. The standard InChI is InChI=1S/C12H15Cl2N3O/c13-10-4-3-8(6-11(10)14)16-12(18)17-9-2-1-5-15-7-9/h3-4,6,9,15H,1-2,5,7H2,(H2,16,17,18)/t9-/m1/s1. The van der Waals surface area contributed by atoms with E-state index < -0.39 is 0 Å². The summed E-state index contributed by atoms with van der Waals surface area (Å²) in [5.41, 5.74) is 0.630. The molecule has 3 N–H and O–H groups in total. The van der Waals surface area contributed by atoms with Crippen LogP contribution in [0.15, 0.2) is 18.2 Å². The van der Waals surface area contributed by atoms with Crippen molar-refractivity contribution in [2.45, 2.75) is 18.9 Å². The van der Waals surface area contributed by atoms with Gasteiger partial charge in [-0.2, -0.15) is 0 Å². The molecule has 1 fully saturated rings. The fraction of sp³-hybridized carbons (Fsp3) is 0.417. The van der Waals surface area contributed by atoms with Crippen molar-refractivity contribution >= 4 is 34.9 Å². The van der Waals surface area contributed by atoms with Crippen molar-refractivity contribution in [3.05, 3.63) is 28.2 Å². The van der Waals surface area contributed by atoms with Gasteiger partial charge in [0.2, 0.25) is 0 Å². The van der Waals surface area contributed by atoms with Gasteiger partial charge in [0.25, 0.3) is 0 Å². The average molecular weight is 288 g/mol. The van der Waals surface area contributed by atoms with E-state index in [0.29, 0.717) is 15.7 Å². The van der Waals surface area contributed by atoms with E-state index >= 15 is 0 Å². The number of rotatable bonds is 2. The van der Waals surface area contributed by atoms with Crippen LogP contribution in [-0.4, -0.2) is 25.2 Å². The number of benzene rings is 1. The first-order valence-corrected chi connectivity index (χ1v) is 6.64. The lowest BCUT2D eigenvalue weighted by Crippen LogP contribution is -2.47. The van der Waals surface area contributed by atoms with Crippen LogP contribution in [0.25, 0.3) is 0 Å². The lowest BCUT2D eigenvalue weighted by atomic mass is 10.1. The van der Waals surface area contributed by atoms with Crippen molar-refractivity contribution in [3.8, 4) is 0 Å². The first-order valence-electron chi connectivity index (χ1n) is 5.88. The van der Waals surface area contributed by atoms with E-state index in [1.165, 1.54) is 0 Å². The quantitative estimate of drug-likeness (QED) is 0.783. The van der Waals surface area contributed by atoms with Crippen LogP contribution in [0.4, 0.5) is 10.5 Å². The Labute approximate surface area is 116 Å². The molecule has 18 heavy (non-hydrogen) atoms. The molecule has 0 bridgehead atoms. The molecular weight excluding hydrogens is 273 g/mol. The number of amides is 2. The van der Waals surface area contributed by atoms with Gasteiger partial charge in [-0.15, -0.1) is 0 Å². The van der Waals surface area contributed by atoms with Gasteiger partial charge >= 0.3 is 6.03 Å². The summed E-state index contributed by atoms with van der Waals surface area (Å²) in [4.78, 5) is 11.8. The molecular formula is C12H15Cl2N3O. The molecule has 2 amide bonds. The molecule has 1 aromatic carbocycles. The third kappa shape index (κ3) is 3.77. The van der Waals surface area contributed by atoms with Gasteiger partial charge in [-0.1, -0.05) is 23.2 Å². The molecule has 0 aliphatic carbocycles. The third-order valence-electron chi connectivity index (χ3n) is 2.81. The molecule has 2 rings (SSSR count). The number of urea groups is 1. The van der Waals surface area contributed by atoms with E-state index in [9.17, 15) is 4.79 Å². The summed E-state index contributed by atoms with van der Waals surface area (Å²) in [6.45, 7) is 1.83. The average Bonchev–Trinajstić information content (AvgIpc) is 2.35. The second kappa shape index (κ2) is 6.27. The number of halogens is 2. The first kappa shape index (κ1) is 13.5. The maximum Gasteiger partial charge on any atom is 0.319 e. The highest BCUT2D eigenvalue weighted by molar-refractivity contribution is 6.42. The fourth-order valence-corrected chi connectivity index (χ4v) is 2.20. The van der Waals surface area contributed by atoms with Crippen LogP contribution < -0.4 is 16.0 Å². The molecule has 0 saturated carbocycles. The zero-order chi connectivity index (χ0) is 13.0. The number of nitrogens with one attached hydrogen (secondary N) is 3. The Morgan fingerprint density at radius 1 is 1.33 bits per heavy atom. The molecule has 4 nitrogen and oxygen atoms in total. The zero-order valence-corrected chi connectivity index (χ0v) is 11.3. The summed E-state index contributed by atoms with van der Waals surface area (Å²) >= 11 is 11.7. The Balaban J connectivity index is 1.88. The van der Waals surface area contributed by atoms with Crippen molar-refractivity contribution in [2.24, 2.45) is 0 Å². The number of carbonyl (C=O) groups is 1. The molecule has 0 radical (unpaired) electrons.